The summed E-state index contributed by atoms with van der Waals surface area (Å²) in [4.78, 5) is 21.6. The molecular weight excluding hydrogens is 330 g/mol. The van der Waals surface area contributed by atoms with E-state index in [1.165, 1.54) is 0 Å². The summed E-state index contributed by atoms with van der Waals surface area (Å²) in [5.41, 5.74) is 2.15. The van der Waals surface area contributed by atoms with Crippen LogP contribution in [-0.2, 0) is 6.54 Å². The van der Waals surface area contributed by atoms with Gasteiger partial charge in [0.2, 0.25) is 5.95 Å². The highest BCUT2D eigenvalue weighted by atomic mass is 16.3. The van der Waals surface area contributed by atoms with Gasteiger partial charge >= 0.3 is 0 Å². The van der Waals surface area contributed by atoms with Crippen molar-refractivity contribution < 1.29 is 4.42 Å². The SMILES string of the molecule is Cc1ccc(-c2nc(NCCn3ccnc3)ncc2-c2cnccn2)o1. The lowest BCUT2D eigenvalue weighted by Gasteiger charge is -2.10. The molecule has 0 aliphatic heterocycles. The summed E-state index contributed by atoms with van der Waals surface area (Å²) < 4.78 is 7.76. The van der Waals surface area contributed by atoms with Crippen LogP contribution < -0.4 is 5.32 Å². The molecular formula is C18H17N7O. The molecule has 0 bridgehead atoms. The van der Waals surface area contributed by atoms with Crippen molar-refractivity contribution in [2.75, 3.05) is 11.9 Å². The Kier molecular flexibility index (Phi) is 4.38. The maximum atomic E-state index is 5.77. The number of hydrogen-bond donors (Lipinski definition) is 1. The molecule has 0 fully saturated rings. The van der Waals surface area contributed by atoms with Gasteiger partial charge in [0.05, 0.1) is 18.2 Å². The Morgan fingerprint density at radius 1 is 1.08 bits per heavy atom. The molecule has 0 aliphatic carbocycles. The molecule has 4 aromatic heterocycles. The molecule has 8 heteroatoms. The summed E-state index contributed by atoms with van der Waals surface area (Å²) in [6.07, 6.45) is 12.1. The number of aryl methyl sites for hydroxylation is 1. The predicted octanol–water partition coefficient (Wildman–Crippen LogP) is 2.81. The maximum Gasteiger partial charge on any atom is 0.223 e. The van der Waals surface area contributed by atoms with Crippen LogP contribution in [0.5, 0.6) is 0 Å². The maximum absolute atomic E-state index is 5.77. The van der Waals surface area contributed by atoms with Crippen molar-refractivity contribution in [1.82, 2.24) is 29.5 Å². The second-order valence-electron chi connectivity index (χ2n) is 5.68. The summed E-state index contributed by atoms with van der Waals surface area (Å²) >= 11 is 0. The zero-order valence-electron chi connectivity index (χ0n) is 14.2. The fraction of sp³-hybridized carbons (Fsp3) is 0.167. The third kappa shape index (κ3) is 3.44. The van der Waals surface area contributed by atoms with E-state index < -0.39 is 0 Å². The average molecular weight is 347 g/mol. The first kappa shape index (κ1) is 15.9. The van der Waals surface area contributed by atoms with Crippen molar-refractivity contribution in [3.8, 4) is 22.7 Å². The number of furan rings is 1. The van der Waals surface area contributed by atoms with Gasteiger partial charge in [-0.25, -0.2) is 15.0 Å². The standard InChI is InChI=1S/C18H17N7O/c1-13-2-3-16(26-13)17-14(15-11-19-4-5-21-15)10-23-18(24-17)22-7-9-25-8-6-20-12-25/h2-6,8,10-12H,7,9H2,1H3,(H,22,23,24). The molecule has 0 aromatic carbocycles. The largest absolute Gasteiger partial charge is 0.460 e. The lowest BCUT2D eigenvalue weighted by molar-refractivity contribution is 0.546. The Bertz CT molecular complexity index is 980. The fourth-order valence-corrected chi connectivity index (χ4v) is 2.56. The molecule has 0 saturated heterocycles. The smallest absolute Gasteiger partial charge is 0.223 e. The Balaban J connectivity index is 1.63. The highest BCUT2D eigenvalue weighted by Crippen LogP contribution is 2.30. The minimum atomic E-state index is 0.529. The van der Waals surface area contributed by atoms with Gasteiger partial charge in [0, 0.05) is 49.6 Å². The molecule has 0 spiro atoms. The van der Waals surface area contributed by atoms with Crippen molar-refractivity contribution in [2.45, 2.75) is 13.5 Å². The van der Waals surface area contributed by atoms with Gasteiger partial charge in [-0.1, -0.05) is 0 Å². The van der Waals surface area contributed by atoms with E-state index in [-0.39, 0.29) is 0 Å². The van der Waals surface area contributed by atoms with E-state index in [1.807, 2.05) is 29.8 Å². The van der Waals surface area contributed by atoms with Crippen molar-refractivity contribution in [3.63, 3.8) is 0 Å². The number of rotatable bonds is 6. The van der Waals surface area contributed by atoms with Crippen molar-refractivity contribution in [1.29, 1.82) is 0 Å². The van der Waals surface area contributed by atoms with Crippen molar-refractivity contribution in [2.24, 2.45) is 0 Å². The molecule has 130 valence electrons. The fourth-order valence-electron chi connectivity index (χ4n) is 2.56. The summed E-state index contributed by atoms with van der Waals surface area (Å²) in [6, 6.07) is 3.80. The summed E-state index contributed by atoms with van der Waals surface area (Å²) in [6.45, 7) is 3.35. The van der Waals surface area contributed by atoms with E-state index >= 15 is 0 Å². The van der Waals surface area contributed by atoms with Crippen LogP contribution in [0.2, 0.25) is 0 Å². The second kappa shape index (κ2) is 7.14. The van der Waals surface area contributed by atoms with Crippen molar-refractivity contribution >= 4 is 5.95 Å². The van der Waals surface area contributed by atoms with Crippen LogP contribution in [0, 0.1) is 6.92 Å². The number of nitrogens with zero attached hydrogens (tertiary/aromatic N) is 6. The van der Waals surface area contributed by atoms with Gasteiger partial charge in [0.1, 0.15) is 11.5 Å². The number of aromatic nitrogens is 6. The molecule has 1 N–H and O–H groups in total. The van der Waals surface area contributed by atoms with E-state index in [4.69, 9.17) is 4.42 Å². The van der Waals surface area contributed by atoms with Crippen LogP contribution in [0.3, 0.4) is 0 Å². The summed E-state index contributed by atoms with van der Waals surface area (Å²) in [5.74, 6) is 2.02. The quantitative estimate of drug-likeness (QED) is 0.573. The van der Waals surface area contributed by atoms with E-state index in [2.05, 4.69) is 30.2 Å². The summed E-state index contributed by atoms with van der Waals surface area (Å²) in [5, 5.41) is 3.23. The Labute approximate surface area is 150 Å². The molecule has 0 amide bonds. The lowest BCUT2D eigenvalue weighted by Crippen LogP contribution is -2.11. The third-order valence-corrected chi connectivity index (χ3v) is 3.81. The molecule has 26 heavy (non-hydrogen) atoms. The van der Waals surface area contributed by atoms with Crippen LogP contribution in [-0.4, -0.2) is 36.0 Å². The number of nitrogens with one attached hydrogen (secondary N) is 1. The van der Waals surface area contributed by atoms with Gasteiger partial charge in [-0.05, 0) is 19.1 Å². The van der Waals surface area contributed by atoms with E-state index in [0.29, 0.717) is 29.6 Å². The number of hydrogen-bond acceptors (Lipinski definition) is 7. The van der Waals surface area contributed by atoms with Crippen LogP contribution in [0.1, 0.15) is 5.76 Å². The number of anilines is 1. The lowest BCUT2D eigenvalue weighted by atomic mass is 10.1. The Hall–Kier alpha value is -3.55. The molecule has 4 rings (SSSR count). The monoisotopic (exact) mass is 347 g/mol. The zero-order chi connectivity index (χ0) is 17.8. The van der Waals surface area contributed by atoms with E-state index in [0.717, 1.165) is 17.9 Å². The minimum Gasteiger partial charge on any atom is -0.460 e. The van der Waals surface area contributed by atoms with Gasteiger partial charge in [0.25, 0.3) is 0 Å². The first-order valence-corrected chi connectivity index (χ1v) is 8.19. The van der Waals surface area contributed by atoms with Gasteiger partial charge in [-0.15, -0.1) is 0 Å². The van der Waals surface area contributed by atoms with Crippen LogP contribution in [0.4, 0.5) is 5.95 Å². The van der Waals surface area contributed by atoms with Crippen LogP contribution >= 0.6 is 0 Å². The molecule has 0 radical (unpaired) electrons. The van der Waals surface area contributed by atoms with E-state index in [9.17, 15) is 0 Å². The molecule has 0 unspecified atom stereocenters. The van der Waals surface area contributed by atoms with Crippen LogP contribution in [0.25, 0.3) is 22.7 Å². The zero-order valence-corrected chi connectivity index (χ0v) is 14.2. The first-order valence-electron chi connectivity index (χ1n) is 8.19. The highest BCUT2D eigenvalue weighted by Gasteiger charge is 2.15. The first-order chi connectivity index (χ1) is 12.8. The molecule has 4 heterocycles. The molecule has 4 aromatic rings. The Morgan fingerprint density at radius 2 is 2.04 bits per heavy atom. The van der Waals surface area contributed by atoms with Crippen molar-refractivity contribution in [3.05, 3.63) is 61.4 Å². The topological polar surface area (TPSA) is 94.6 Å². The number of imidazole rings is 1. The second-order valence-corrected chi connectivity index (χ2v) is 5.68. The summed E-state index contributed by atoms with van der Waals surface area (Å²) in [7, 11) is 0. The van der Waals surface area contributed by atoms with Gasteiger partial charge in [0.15, 0.2) is 5.76 Å². The average Bonchev–Trinajstić information content (AvgIpc) is 3.34. The minimum absolute atomic E-state index is 0.529. The third-order valence-electron chi connectivity index (χ3n) is 3.81. The molecule has 0 aliphatic rings. The normalized spacial score (nSPS) is 10.8. The molecule has 0 saturated carbocycles. The van der Waals surface area contributed by atoms with Gasteiger partial charge < -0.3 is 14.3 Å². The van der Waals surface area contributed by atoms with Gasteiger partial charge in [-0.2, -0.15) is 0 Å². The molecule has 8 nitrogen and oxygen atoms in total. The predicted molar refractivity (Wildman–Crippen MR) is 96.2 cm³/mol. The highest BCUT2D eigenvalue weighted by molar-refractivity contribution is 5.76. The van der Waals surface area contributed by atoms with Gasteiger partial charge in [-0.3, -0.25) is 9.97 Å². The van der Waals surface area contributed by atoms with Crippen LogP contribution in [0.15, 0.2) is 60.1 Å². The Morgan fingerprint density at radius 3 is 2.77 bits per heavy atom. The molecule has 0 atom stereocenters. The van der Waals surface area contributed by atoms with E-state index in [1.54, 1.807) is 37.3 Å².